The molecular formula is C16H26N2O3S. The van der Waals surface area contributed by atoms with Crippen molar-refractivity contribution in [3.8, 4) is 0 Å². The Bertz CT molecular complexity index is 596. The van der Waals surface area contributed by atoms with E-state index in [1.54, 1.807) is 0 Å². The van der Waals surface area contributed by atoms with Gasteiger partial charge in [0.1, 0.15) is 0 Å². The van der Waals surface area contributed by atoms with Gasteiger partial charge in [-0.2, -0.15) is 0 Å². The van der Waals surface area contributed by atoms with Crippen LogP contribution in [0.2, 0.25) is 0 Å². The van der Waals surface area contributed by atoms with Gasteiger partial charge in [-0.25, -0.2) is 13.1 Å². The van der Waals surface area contributed by atoms with E-state index in [0.717, 1.165) is 36.1 Å². The number of aliphatic hydroxyl groups is 1. The summed E-state index contributed by atoms with van der Waals surface area (Å²) in [6.45, 7) is 6.12. The monoisotopic (exact) mass is 326 g/mol. The van der Waals surface area contributed by atoms with Crippen LogP contribution in [0.4, 0.5) is 0 Å². The Labute approximate surface area is 133 Å². The Balaban J connectivity index is 1.97. The minimum atomic E-state index is -3.18. The molecule has 0 aromatic heterocycles. The first-order valence-corrected chi connectivity index (χ1v) is 9.58. The summed E-state index contributed by atoms with van der Waals surface area (Å²) in [6.07, 6.45) is 2.43. The zero-order chi connectivity index (χ0) is 16.3. The fraction of sp³-hybridized carbons (Fsp3) is 0.625. The van der Waals surface area contributed by atoms with Gasteiger partial charge in [0.25, 0.3) is 0 Å². The Kier molecular flexibility index (Phi) is 5.60. The number of sulfonamides is 1. The Morgan fingerprint density at radius 1 is 1.32 bits per heavy atom. The molecular weight excluding hydrogens is 300 g/mol. The predicted molar refractivity (Wildman–Crippen MR) is 88.3 cm³/mol. The first-order valence-electron chi connectivity index (χ1n) is 7.69. The van der Waals surface area contributed by atoms with Crippen LogP contribution in [0.1, 0.15) is 35.6 Å². The van der Waals surface area contributed by atoms with Crippen molar-refractivity contribution in [1.29, 1.82) is 0 Å². The van der Waals surface area contributed by atoms with Crippen LogP contribution in [0.3, 0.4) is 0 Å². The van der Waals surface area contributed by atoms with Crippen molar-refractivity contribution < 1.29 is 13.5 Å². The van der Waals surface area contributed by atoms with Gasteiger partial charge in [-0.05, 0) is 38.8 Å². The highest BCUT2D eigenvalue weighted by molar-refractivity contribution is 7.88. The first-order chi connectivity index (χ1) is 10.2. The second kappa shape index (κ2) is 7.08. The number of hydrogen-bond donors (Lipinski definition) is 2. The third-order valence-electron chi connectivity index (χ3n) is 3.95. The van der Waals surface area contributed by atoms with Crippen LogP contribution in [0, 0.1) is 13.8 Å². The molecule has 2 atom stereocenters. The molecule has 1 aromatic carbocycles. The third-order valence-corrected chi connectivity index (χ3v) is 4.71. The fourth-order valence-electron chi connectivity index (χ4n) is 3.17. The van der Waals surface area contributed by atoms with Gasteiger partial charge in [0, 0.05) is 19.1 Å². The number of benzene rings is 1. The average Bonchev–Trinajstić information content (AvgIpc) is 2.35. The minimum Gasteiger partial charge on any atom is -0.387 e. The molecule has 1 aliphatic heterocycles. The molecule has 0 bridgehead atoms. The SMILES string of the molecule is Cc1cc(C)cc(C(O)CN2CCCC(NS(C)(=O)=O)C2)c1. The first kappa shape index (κ1) is 17.4. The lowest BCUT2D eigenvalue weighted by atomic mass is 10.0. The summed E-state index contributed by atoms with van der Waals surface area (Å²) >= 11 is 0. The van der Waals surface area contributed by atoms with E-state index in [2.05, 4.69) is 15.7 Å². The van der Waals surface area contributed by atoms with E-state index in [1.165, 1.54) is 6.26 Å². The van der Waals surface area contributed by atoms with Crippen molar-refractivity contribution in [2.75, 3.05) is 25.9 Å². The molecule has 2 N–H and O–H groups in total. The largest absolute Gasteiger partial charge is 0.387 e. The molecule has 1 heterocycles. The summed E-state index contributed by atoms with van der Waals surface area (Å²) in [7, 11) is -3.18. The van der Waals surface area contributed by atoms with Crippen molar-refractivity contribution >= 4 is 10.0 Å². The van der Waals surface area contributed by atoms with Crippen molar-refractivity contribution in [2.45, 2.75) is 38.8 Å². The molecule has 2 unspecified atom stereocenters. The zero-order valence-corrected chi connectivity index (χ0v) is 14.4. The van der Waals surface area contributed by atoms with Crippen molar-refractivity contribution in [1.82, 2.24) is 9.62 Å². The molecule has 1 aliphatic rings. The lowest BCUT2D eigenvalue weighted by Gasteiger charge is -2.34. The van der Waals surface area contributed by atoms with E-state index in [4.69, 9.17) is 0 Å². The molecule has 1 aromatic rings. The minimum absolute atomic E-state index is 0.0600. The van der Waals surface area contributed by atoms with E-state index in [0.29, 0.717) is 13.1 Å². The van der Waals surface area contributed by atoms with Gasteiger partial charge in [-0.3, -0.25) is 4.90 Å². The Morgan fingerprint density at radius 3 is 2.55 bits per heavy atom. The highest BCUT2D eigenvalue weighted by Gasteiger charge is 2.24. The van der Waals surface area contributed by atoms with Gasteiger partial charge in [0.2, 0.25) is 10.0 Å². The third kappa shape index (κ3) is 5.35. The normalized spacial score (nSPS) is 21.7. The van der Waals surface area contributed by atoms with Gasteiger partial charge in [0.05, 0.1) is 12.4 Å². The number of β-amino-alcohol motifs (C(OH)–C–C–N with tert-alkyl or cyclic N) is 1. The molecule has 0 saturated carbocycles. The summed E-state index contributed by atoms with van der Waals surface area (Å²) in [5.41, 5.74) is 3.21. The maximum absolute atomic E-state index is 11.3. The smallest absolute Gasteiger partial charge is 0.208 e. The lowest BCUT2D eigenvalue weighted by Crippen LogP contribution is -2.48. The number of hydrogen-bond acceptors (Lipinski definition) is 4. The standard InChI is InChI=1S/C16H26N2O3S/c1-12-7-13(2)9-14(8-12)16(19)11-18-6-4-5-15(10-18)17-22(3,20)21/h7-9,15-17,19H,4-6,10-11H2,1-3H3. The van der Waals surface area contributed by atoms with Gasteiger partial charge >= 0.3 is 0 Å². The molecule has 0 aliphatic carbocycles. The summed E-state index contributed by atoms with van der Waals surface area (Å²) in [5.74, 6) is 0. The fourth-order valence-corrected chi connectivity index (χ4v) is 3.97. The van der Waals surface area contributed by atoms with Crippen LogP contribution in [0.25, 0.3) is 0 Å². The highest BCUT2D eigenvalue weighted by atomic mass is 32.2. The summed E-state index contributed by atoms with van der Waals surface area (Å²) in [4.78, 5) is 2.13. The number of nitrogens with zero attached hydrogens (tertiary/aromatic N) is 1. The Hall–Kier alpha value is -0.950. The molecule has 0 radical (unpaired) electrons. The molecule has 22 heavy (non-hydrogen) atoms. The summed E-state index contributed by atoms with van der Waals surface area (Å²) < 4.78 is 25.4. The van der Waals surface area contributed by atoms with Crippen LogP contribution < -0.4 is 4.72 Å². The molecule has 0 amide bonds. The van der Waals surface area contributed by atoms with Gasteiger partial charge < -0.3 is 5.11 Å². The maximum Gasteiger partial charge on any atom is 0.208 e. The van der Waals surface area contributed by atoms with Crippen molar-refractivity contribution in [3.05, 3.63) is 34.9 Å². The predicted octanol–water partition coefficient (Wildman–Crippen LogP) is 1.35. The number of nitrogens with one attached hydrogen (secondary N) is 1. The highest BCUT2D eigenvalue weighted by Crippen LogP contribution is 2.20. The molecule has 1 saturated heterocycles. The average molecular weight is 326 g/mol. The lowest BCUT2D eigenvalue weighted by molar-refractivity contribution is 0.0942. The number of rotatable bonds is 5. The topological polar surface area (TPSA) is 69.6 Å². The number of aryl methyl sites for hydroxylation is 2. The van der Waals surface area contributed by atoms with E-state index < -0.39 is 16.1 Å². The van der Waals surface area contributed by atoms with Crippen LogP contribution in [-0.4, -0.2) is 50.4 Å². The van der Waals surface area contributed by atoms with Crippen molar-refractivity contribution in [3.63, 3.8) is 0 Å². The summed E-state index contributed by atoms with van der Waals surface area (Å²) in [5, 5.41) is 10.5. The van der Waals surface area contributed by atoms with E-state index >= 15 is 0 Å². The quantitative estimate of drug-likeness (QED) is 0.857. The second-order valence-corrected chi connectivity index (χ2v) is 8.21. The van der Waals surface area contributed by atoms with Crippen LogP contribution >= 0.6 is 0 Å². The van der Waals surface area contributed by atoms with Crippen LogP contribution in [0.5, 0.6) is 0 Å². The van der Waals surface area contributed by atoms with E-state index in [-0.39, 0.29) is 6.04 Å². The molecule has 6 heteroatoms. The Morgan fingerprint density at radius 2 is 1.95 bits per heavy atom. The van der Waals surface area contributed by atoms with Crippen LogP contribution in [0.15, 0.2) is 18.2 Å². The molecule has 124 valence electrons. The van der Waals surface area contributed by atoms with Crippen LogP contribution in [-0.2, 0) is 10.0 Å². The number of likely N-dealkylation sites (tertiary alicyclic amines) is 1. The number of piperidine rings is 1. The maximum atomic E-state index is 11.3. The van der Waals surface area contributed by atoms with E-state index in [9.17, 15) is 13.5 Å². The van der Waals surface area contributed by atoms with E-state index in [1.807, 2.05) is 26.0 Å². The molecule has 5 nitrogen and oxygen atoms in total. The molecule has 1 fully saturated rings. The van der Waals surface area contributed by atoms with Gasteiger partial charge in [0.15, 0.2) is 0 Å². The van der Waals surface area contributed by atoms with Gasteiger partial charge in [-0.15, -0.1) is 0 Å². The van der Waals surface area contributed by atoms with Crippen molar-refractivity contribution in [2.24, 2.45) is 0 Å². The van der Waals surface area contributed by atoms with Gasteiger partial charge in [-0.1, -0.05) is 29.3 Å². The second-order valence-electron chi connectivity index (χ2n) is 6.43. The molecule has 2 rings (SSSR count). The zero-order valence-electron chi connectivity index (χ0n) is 13.5. The molecule has 0 spiro atoms. The summed E-state index contributed by atoms with van der Waals surface area (Å²) in [6, 6.07) is 6.04. The number of aliphatic hydroxyl groups excluding tert-OH is 1.